The van der Waals surface area contributed by atoms with Crippen LogP contribution in [0.2, 0.25) is 0 Å². The molecule has 32 heavy (non-hydrogen) atoms. The van der Waals surface area contributed by atoms with Crippen LogP contribution in [0.5, 0.6) is 0 Å². The van der Waals surface area contributed by atoms with Gasteiger partial charge < -0.3 is 19.6 Å². The fraction of sp³-hybridized carbons (Fsp3) is 0.462. The molecule has 1 atom stereocenters. The van der Waals surface area contributed by atoms with Crippen molar-refractivity contribution < 1.29 is 19.4 Å². The highest BCUT2D eigenvalue weighted by molar-refractivity contribution is 5.90. The van der Waals surface area contributed by atoms with Crippen LogP contribution in [0.15, 0.2) is 48.5 Å². The molecule has 0 heterocycles. The van der Waals surface area contributed by atoms with Crippen molar-refractivity contribution >= 4 is 23.3 Å². The van der Waals surface area contributed by atoms with Crippen LogP contribution in [0.3, 0.4) is 0 Å². The second-order valence-corrected chi connectivity index (χ2v) is 8.21. The number of nitrogens with zero attached hydrogens (tertiary/aromatic N) is 2. The molecule has 0 aliphatic carbocycles. The van der Waals surface area contributed by atoms with Crippen molar-refractivity contribution in [2.24, 2.45) is 5.92 Å². The van der Waals surface area contributed by atoms with E-state index in [1.165, 1.54) is 12.8 Å². The highest BCUT2D eigenvalue weighted by atomic mass is 16.5. The average molecular weight is 443 g/mol. The Kier molecular flexibility index (Phi) is 11.9. The lowest BCUT2D eigenvalue weighted by atomic mass is 10.0. The first kappa shape index (κ1) is 27.0. The Morgan fingerprint density at radius 3 is 2.03 bits per heavy atom. The molecule has 2 aromatic rings. The van der Waals surface area contributed by atoms with Gasteiger partial charge >= 0.3 is 11.9 Å². The summed E-state index contributed by atoms with van der Waals surface area (Å²) in [5, 5.41) is 8.67. The van der Waals surface area contributed by atoms with Crippen LogP contribution in [0.4, 0.5) is 11.4 Å². The number of rotatable bonds is 10. The van der Waals surface area contributed by atoms with Crippen molar-refractivity contribution in [3.63, 3.8) is 0 Å². The summed E-state index contributed by atoms with van der Waals surface area (Å²) in [6, 6.07) is 14.3. The summed E-state index contributed by atoms with van der Waals surface area (Å²) >= 11 is 0. The summed E-state index contributed by atoms with van der Waals surface area (Å²) in [6.07, 6.45) is 4.59. The van der Waals surface area contributed by atoms with Crippen molar-refractivity contribution in [3.05, 3.63) is 59.7 Å². The summed E-state index contributed by atoms with van der Waals surface area (Å²) in [7, 11) is 7.71. The highest BCUT2D eigenvalue weighted by Gasteiger charge is 2.12. The number of carbonyl (C=O) groups excluding carboxylic acids is 1. The third-order valence-corrected chi connectivity index (χ3v) is 5.22. The number of ether oxygens (including phenoxy) is 1. The van der Waals surface area contributed by atoms with Gasteiger partial charge in [0.25, 0.3) is 0 Å². The highest BCUT2D eigenvalue weighted by Crippen LogP contribution is 2.16. The van der Waals surface area contributed by atoms with Gasteiger partial charge in [-0.2, -0.15) is 0 Å². The normalized spacial score (nSPS) is 11.1. The molecule has 6 nitrogen and oxygen atoms in total. The van der Waals surface area contributed by atoms with Gasteiger partial charge in [-0.3, -0.25) is 0 Å². The van der Waals surface area contributed by atoms with E-state index in [1.807, 2.05) is 68.3 Å². The van der Waals surface area contributed by atoms with E-state index in [1.54, 1.807) is 18.2 Å². The zero-order valence-corrected chi connectivity index (χ0v) is 20.3. The summed E-state index contributed by atoms with van der Waals surface area (Å²) in [6.45, 7) is 4.87. The number of hydrogen-bond acceptors (Lipinski definition) is 5. The number of anilines is 2. The molecule has 0 spiro atoms. The zero-order chi connectivity index (χ0) is 24.1. The van der Waals surface area contributed by atoms with Crippen LogP contribution in [0.25, 0.3) is 0 Å². The Bertz CT molecular complexity index is 832. The number of carboxylic acid groups (broad SMARTS) is 1. The third kappa shape index (κ3) is 9.41. The maximum absolute atomic E-state index is 12.0. The molecule has 176 valence electrons. The van der Waals surface area contributed by atoms with Gasteiger partial charge in [-0.25, -0.2) is 9.59 Å². The maximum Gasteiger partial charge on any atom is 0.338 e. The standard InChI is InChI=1S/C17H27NO2.C9H11NO2/c1-5-7-8-14(6-2)13-20-17(19)15-9-11-16(12-10-15)18(3)4;1-10(2)8-5-3-4-7(6-8)9(11)12/h9-12,14H,5-8,13H2,1-4H3;3-6H,1-2H3,(H,11,12). The molecule has 0 saturated heterocycles. The molecular formula is C26H38N2O4. The summed E-state index contributed by atoms with van der Waals surface area (Å²) < 4.78 is 5.43. The fourth-order valence-corrected chi connectivity index (χ4v) is 2.99. The molecule has 0 amide bonds. The minimum atomic E-state index is -0.890. The molecule has 0 fully saturated rings. The Hall–Kier alpha value is -3.02. The van der Waals surface area contributed by atoms with E-state index < -0.39 is 5.97 Å². The van der Waals surface area contributed by atoms with E-state index in [4.69, 9.17) is 9.84 Å². The maximum atomic E-state index is 12.0. The summed E-state index contributed by atoms with van der Waals surface area (Å²) in [5.41, 5.74) is 2.92. The third-order valence-electron chi connectivity index (χ3n) is 5.22. The van der Waals surface area contributed by atoms with Crippen molar-refractivity contribution in [2.45, 2.75) is 39.5 Å². The molecule has 0 radical (unpaired) electrons. The quantitative estimate of drug-likeness (QED) is 0.485. The first-order valence-electron chi connectivity index (χ1n) is 11.1. The Morgan fingerprint density at radius 1 is 0.906 bits per heavy atom. The van der Waals surface area contributed by atoms with Crippen molar-refractivity contribution in [3.8, 4) is 0 Å². The molecule has 2 rings (SSSR count). The first-order chi connectivity index (χ1) is 15.2. The molecule has 1 unspecified atom stereocenters. The Balaban J connectivity index is 0.000000363. The van der Waals surface area contributed by atoms with Crippen LogP contribution >= 0.6 is 0 Å². The van der Waals surface area contributed by atoms with E-state index in [0.29, 0.717) is 23.7 Å². The van der Waals surface area contributed by atoms with Gasteiger partial charge in [0, 0.05) is 39.6 Å². The number of unbranched alkanes of at least 4 members (excludes halogenated alkanes) is 1. The molecule has 2 aromatic carbocycles. The fourth-order valence-electron chi connectivity index (χ4n) is 2.99. The van der Waals surface area contributed by atoms with Gasteiger partial charge in [-0.1, -0.05) is 39.2 Å². The van der Waals surface area contributed by atoms with Crippen molar-refractivity contribution in [1.82, 2.24) is 0 Å². The Morgan fingerprint density at radius 2 is 1.53 bits per heavy atom. The predicted molar refractivity (Wildman–Crippen MR) is 132 cm³/mol. The number of carbonyl (C=O) groups is 2. The predicted octanol–water partition coefficient (Wildman–Crippen LogP) is 5.58. The number of esters is 1. The monoisotopic (exact) mass is 442 g/mol. The van der Waals surface area contributed by atoms with Gasteiger partial charge in [0.05, 0.1) is 17.7 Å². The molecule has 6 heteroatoms. The second kappa shape index (κ2) is 14.1. The van der Waals surface area contributed by atoms with Crippen LogP contribution in [-0.4, -0.2) is 51.8 Å². The van der Waals surface area contributed by atoms with Gasteiger partial charge in [0.2, 0.25) is 0 Å². The topological polar surface area (TPSA) is 70.1 Å². The van der Waals surface area contributed by atoms with E-state index in [0.717, 1.165) is 24.2 Å². The molecule has 0 aliphatic rings. The van der Waals surface area contributed by atoms with E-state index in [2.05, 4.69) is 13.8 Å². The van der Waals surface area contributed by atoms with Gasteiger partial charge in [0.1, 0.15) is 0 Å². The number of hydrogen-bond donors (Lipinski definition) is 1. The average Bonchev–Trinajstić information content (AvgIpc) is 2.79. The Labute approximate surface area is 192 Å². The molecule has 0 aromatic heterocycles. The largest absolute Gasteiger partial charge is 0.478 e. The van der Waals surface area contributed by atoms with Gasteiger partial charge in [0.15, 0.2) is 0 Å². The minimum Gasteiger partial charge on any atom is -0.478 e. The lowest BCUT2D eigenvalue weighted by molar-refractivity contribution is 0.0428. The smallest absolute Gasteiger partial charge is 0.338 e. The molecule has 0 aliphatic heterocycles. The van der Waals surface area contributed by atoms with Crippen molar-refractivity contribution in [1.29, 1.82) is 0 Å². The van der Waals surface area contributed by atoms with Gasteiger partial charge in [-0.15, -0.1) is 0 Å². The molecule has 0 saturated carbocycles. The summed E-state index contributed by atoms with van der Waals surface area (Å²) in [5.74, 6) is -0.621. The minimum absolute atomic E-state index is 0.217. The first-order valence-corrected chi connectivity index (χ1v) is 11.1. The summed E-state index contributed by atoms with van der Waals surface area (Å²) in [4.78, 5) is 26.4. The second-order valence-electron chi connectivity index (χ2n) is 8.21. The van der Waals surface area contributed by atoms with E-state index in [-0.39, 0.29) is 5.97 Å². The lowest BCUT2D eigenvalue weighted by Crippen LogP contribution is -2.14. The van der Waals surface area contributed by atoms with E-state index >= 15 is 0 Å². The van der Waals surface area contributed by atoms with E-state index in [9.17, 15) is 9.59 Å². The number of benzene rings is 2. The molecular weight excluding hydrogens is 404 g/mol. The molecule has 1 N–H and O–H groups in total. The number of aromatic carboxylic acids is 1. The van der Waals surface area contributed by atoms with Gasteiger partial charge in [-0.05, 0) is 54.8 Å². The van der Waals surface area contributed by atoms with Crippen LogP contribution < -0.4 is 9.80 Å². The van der Waals surface area contributed by atoms with Crippen molar-refractivity contribution in [2.75, 3.05) is 44.6 Å². The van der Waals surface area contributed by atoms with Crippen LogP contribution in [0, 0.1) is 5.92 Å². The number of carboxylic acids is 1. The van der Waals surface area contributed by atoms with Crippen LogP contribution in [-0.2, 0) is 4.74 Å². The molecule has 0 bridgehead atoms. The zero-order valence-electron chi connectivity index (χ0n) is 20.3. The van der Waals surface area contributed by atoms with Crippen LogP contribution in [0.1, 0.15) is 60.2 Å². The SMILES string of the molecule is CCCCC(CC)COC(=O)c1ccc(N(C)C)cc1.CN(C)c1cccc(C(=O)O)c1. The lowest BCUT2D eigenvalue weighted by Gasteiger charge is -2.15.